The van der Waals surface area contributed by atoms with E-state index in [0.29, 0.717) is 6.04 Å². The molecule has 0 aromatic carbocycles. The van der Waals surface area contributed by atoms with Crippen LogP contribution in [0.25, 0.3) is 0 Å². The van der Waals surface area contributed by atoms with Crippen molar-refractivity contribution in [2.75, 3.05) is 25.0 Å². The highest BCUT2D eigenvalue weighted by atomic mass is 16.3. The topological polar surface area (TPSA) is 48.4 Å². The molecule has 4 nitrogen and oxygen atoms in total. The maximum atomic E-state index is 9.44. The Bertz CT molecular complexity index is 370. The van der Waals surface area contributed by atoms with Crippen LogP contribution in [0.3, 0.4) is 0 Å². The van der Waals surface area contributed by atoms with Crippen LogP contribution in [-0.2, 0) is 6.54 Å². The number of piperidine rings is 1. The number of rotatable bonds is 5. The van der Waals surface area contributed by atoms with Gasteiger partial charge < -0.3 is 10.4 Å². The van der Waals surface area contributed by atoms with Gasteiger partial charge in [-0.15, -0.1) is 0 Å². The number of hydrogen-bond donors (Lipinski definition) is 2. The van der Waals surface area contributed by atoms with Gasteiger partial charge in [-0.25, -0.2) is 4.98 Å². The van der Waals surface area contributed by atoms with E-state index in [1.165, 1.54) is 18.4 Å². The largest absolute Gasteiger partial charge is 0.395 e. The minimum absolute atomic E-state index is 0.261. The molecule has 0 radical (unpaired) electrons. The predicted molar refractivity (Wildman–Crippen MR) is 73.5 cm³/mol. The molecule has 100 valence electrons. The van der Waals surface area contributed by atoms with Gasteiger partial charge in [-0.2, -0.15) is 0 Å². The number of nitrogens with zero attached hydrogens (tertiary/aromatic N) is 2. The Hall–Kier alpha value is -1.13. The van der Waals surface area contributed by atoms with Gasteiger partial charge in [0.25, 0.3) is 0 Å². The van der Waals surface area contributed by atoms with Crippen LogP contribution in [0.2, 0.25) is 0 Å². The normalized spacial score (nSPS) is 20.9. The molecule has 0 amide bonds. The van der Waals surface area contributed by atoms with E-state index in [2.05, 4.69) is 28.2 Å². The summed E-state index contributed by atoms with van der Waals surface area (Å²) in [5.41, 5.74) is 1.22. The van der Waals surface area contributed by atoms with Gasteiger partial charge in [-0.05, 0) is 32.4 Å². The van der Waals surface area contributed by atoms with E-state index in [4.69, 9.17) is 0 Å². The molecule has 1 aliphatic heterocycles. The summed E-state index contributed by atoms with van der Waals surface area (Å²) in [7, 11) is 0. The highest BCUT2D eigenvalue weighted by molar-refractivity contribution is 5.43. The summed E-state index contributed by atoms with van der Waals surface area (Å²) in [5, 5.41) is 12.7. The van der Waals surface area contributed by atoms with Gasteiger partial charge >= 0.3 is 0 Å². The zero-order chi connectivity index (χ0) is 12.8. The summed E-state index contributed by atoms with van der Waals surface area (Å²) >= 11 is 0. The van der Waals surface area contributed by atoms with Gasteiger partial charge in [0.15, 0.2) is 0 Å². The molecule has 1 aromatic heterocycles. The van der Waals surface area contributed by atoms with Gasteiger partial charge in [0.2, 0.25) is 0 Å². The van der Waals surface area contributed by atoms with Crippen LogP contribution in [-0.4, -0.2) is 40.7 Å². The van der Waals surface area contributed by atoms with Crippen molar-refractivity contribution >= 4 is 5.82 Å². The summed E-state index contributed by atoms with van der Waals surface area (Å²) < 4.78 is 0. The molecule has 4 heteroatoms. The van der Waals surface area contributed by atoms with Crippen LogP contribution < -0.4 is 5.32 Å². The van der Waals surface area contributed by atoms with Crippen LogP contribution in [0.5, 0.6) is 0 Å². The lowest BCUT2D eigenvalue weighted by molar-refractivity contribution is 0.0842. The van der Waals surface area contributed by atoms with Crippen molar-refractivity contribution < 1.29 is 5.11 Å². The number of likely N-dealkylation sites (tertiary alicyclic amines) is 1. The molecule has 0 saturated carbocycles. The van der Waals surface area contributed by atoms with Crippen LogP contribution in [0.4, 0.5) is 5.82 Å². The number of aliphatic hydroxyl groups excluding tert-OH is 1. The van der Waals surface area contributed by atoms with Crippen molar-refractivity contribution in [3.05, 3.63) is 23.9 Å². The van der Waals surface area contributed by atoms with Crippen LogP contribution in [0, 0.1) is 0 Å². The molecule has 2 heterocycles. The highest BCUT2D eigenvalue weighted by Crippen LogP contribution is 2.21. The molecule has 1 aliphatic rings. The third kappa shape index (κ3) is 3.21. The third-order valence-electron chi connectivity index (χ3n) is 3.57. The zero-order valence-corrected chi connectivity index (χ0v) is 11.1. The Labute approximate surface area is 109 Å². The van der Waals surface area contributed by atoms with Crippen molar-refractivity contribution in [1.82, 2.24) is 9.88 Å². The van der Waals surface area contributed by atoms with E-state index >= 15 is 0 Å². The molecular weight excluding hydrogens is 226 g/mol. The maximum Gasteiger partial charge on any atom is 0.130 e. The SMILES string of the molecule is CCNc1ncccc1CN1CCCCC1CO. The van der Waals surface area contributed by atoms with E-state index in [1.54, 1.807) is 0 Å². The van der Waals surface area contributed by atoms with Gasteiger partial charge in [-0.1, -0.05) is 12.5 Å². The van der Waals surface area contributed by atoms with Crippen LogP contribution >= 0.6 is 0 Å². The average Bonchev–Trinajstić information content (AvgIpc) is 2.42. The van der Waals surface area contributed by atoms with Crippen molar-refractivity contribution in [2.45, 2.75) is 38.8 Å². The Morgan fingerprint density at radius 1 is 1.50 bits per heavy atom. The quantitative estimate of drug-likeness (QED) is 0.836. The number of anilines is 1. The molecule has 1 unspecified atom stereocenters. The molecule has 0 aliphatic carbocycles. The van der Waals surface area contributed by atoms with Crippen LogP contribution in [0.1, 0.15) is 31.7 Å². The Morgan fingerprint density at radius 3 is 3.17 bits per heavy atom. The summed E-state index contributed by atoms with van der Waals surface area (Å²) in [6.07, 6.45) is 5.39. The summed E-state index contributed by atoms with van der Waals surface area (Å²) in [4.78, 5) is 6.76. The average molecular weight is 249 g/mol. The fourth-order valence-corrected chi connectivity index (χ4v) is 2.59. The third-order valence-corrected chi connectivity index (χ3v) is 3.57. The maximum absolute atomic E-state index is 9.44. The van der Waals surface area contributed by atoms with E-state index in [1.807, 2.05) is 12.3 Å². The summed E-state index contributed by atoms with van der Waals surface area (Å²) in [5.74, 6) is 0.974. The molecule has 1 fully saturated rings. The molecule has 1 saturated heterocycles. The molecule has 0 spiro atoms. The monoisotopic (exact) mass is 249 g/mol. The first kappa shape index (κ1) is 13.3. The standard InChI is InChI=1S/C14H23N3O/c1-2-15-14-12(6-5-8-16-14)10-17-9-4-3-7-13(17)11-18/h5-6,8,13,18H,2-4,7,9-11H2,1H3,(H,15,16). The van der Waals surface area contributed by atoms with Crippen molar-refractivity contribution in [3.63, 3.8) is 0 Å². The number of nitrogens with one attached hydrogen (secondary N) is 1. The predicted octanol–water partition coefficient (Wildman–Crippen LogP) is 1.86. The van der Waals surface area contributed by atoms with E-state index < -0.39 is 0 Å². The van der Waals surface area contributed by atoms with Gasteiger partial charge in [-0.3, -0.25) is 4.90 Å². The Balaban J connectivity index is 2.07. The van der Waals surface area contributed by atoms with E-state index in [9.17, 15) is 5.11 Å². The van der Waals surface area contributed by atoms with Crippen molar-refractivity contribution in [1.29, 1.82) is 0 Å². The first-order valence-corrected chi connectivity index (χ1v) is 6.87. The second kappa shape index (κ2) is 6.71. The smallest absolute Gasteiger partial charge is 0.130 e. The molecule has 2 rings (SSSR count). The summed E-state index contributed by atoms with van der Waals surface area (Å²) in [6.45, 7) is 5.17. The Kier molecular flexibility index (Phi) is 4.96. The minimum atomic E-state index is 0.261. The van der Waals surface area contributed by atoms with Gasteiger partial charge in [0, 0.05) is 30.9 Å². The highest BCUT2D eigenvalue weighted by Gasteiger charge is 2.22. The van der Waals surface area contributed by atoms with E-state index in [0.717, 1.165) is 31.9 Å². The van der Waals surface area contributed by atoms with Crippen LogP contribution in [0.15, 0.2) is 18.3 Å². The van der Waals surface area contributed by atoms with Crippen molar-refractivity contribution in [2.24, 2.45) is 0 Å². The number of hydrogen-bond acceptors (Lipinski definition) is 4. The first-order valence-electron chi connectivity index (χ1n) is 6.87. The number of aliphatic hydroxyl groups is 1. The zero-order valence-electron chi connectivity index (χ0n) is 11.1. The fraction of sp³-hybridized carbons (Fsp3) is 0.643. The fourth-order valence-electron chi connectivity index (χ4n) is 2.59. The Morgan fingerprint density at radius 2 is 2.39 bits per heavy atom. The van der Waals surface area contributed by atoms with Gasteiger partial charge in [0.05, 0.1) is 6.61 Å². The molecular formula is C14H23N3O. The minimum Gasteiger partial charge on any atom is -0.395 e. The van der Waals surface area contributed by atoms with Gasteiger partial charge in [0.1, 0.15) is 5.82 Å². The lowest BCUT2D eigenvalue weighted by Gasteiger charge is -2.34. The molecule has 1 aromatic rings. The van der Waals surface area contributed by atoms with E-state index in [-0.39, 0.29) is 6.61 Å². The number of pyridine rings is 1. The molecule has 2 N–H and O–H groups in total. The number of aromatic nitrogens is 1. The first-order chi connectivity index (χ1) is 8.85. The second-order valence-corrected chi connectivity index (χ2v) is 4.84. The molecule has 18 heavy (non-hydrogen) atoms. The summed E-state index contributed by atoms with van der Waals surface area (Å²) in [6, 6.07) is 4.41. The molecule has 0 bridgehead atoms. The lowest BCUT2D eigenvalue weighted by Crippen LogP contribution is -2.41. The molecule has 1 atom stereocenters. The second-order valence-electron chi connectivity index (χ2n) is 4.84. The van der Waals surface area contributed by atoms with Crippen molar-refractivity contribution in [3.8, 4) is 0 Å². The lowest BCUT2D eigenvalue weighted by atomic mass is 10.0.